The number of amides is 2. The molecule has 2 rings (SSSR count). The molecule has 9 heteroatoms. The Morgan fingerprint density at radius 2 is 1.72 bits per heavy atom. The highest BCUT2D eigenvalue weighted by Gasteiger charge is 2.29. The van der Waals surface area contributed by atoms with Crippen LogP contribution in [0.3, 0.4) is 0 Å². The molecule has 0 unspecified atom stereocenters. The maximum Gasteiger partial charge on any atom is 0.416 e. The zero-order valence-electron chi connectivity index (χ0n) is 13.1. The van der Waals surface area contributed by atoms with E-state index in [2.05, 4.69) is 10.6 Å². The van der Waals surface area contributed by atoms with Gasteiger partial charge in [0.05, 0.1) is 11.1 Å². The lowest BCUT2D eigenvalue weighted by Gasteiger charge is -2.10. The minimum absolute atomic E-state index is 0.161. The van der Waals surface area contributed by atoms with Crippen molar-refractivity contribution >= 4 is 17.5 Å². The Balaban J connectivity index is 2.10. The first kappa shape index (κ1) is 18.2. The molecule has 0 spiro atoms. The molecule has 1 heterocycles. The molecule has 0 aliphatic rings. The number of nitrogens with zero attached hydrogens (tertiary/aromatic N) is 1. The molecule has 1 aromatic heterocycles. The number of anilines is 1. The van der Waals surface area contributed by atoms with E-state index in [0.29, 0.717) is 0 Å². The van der Waals surface area contributed by atoms with E-state index in [-0.39, 0.29) is 17.8 Å². The van der Waals surface area contributed by atoms with Gasteiger partial charge in [-0.2, -0.15) is 13.2 Å². The van der Waals surface area contributed by atoms with Gasteiger partial charge < -0.3 is 15.2 Å². The van der Waals surface area contributed by atoms with Crippen molar-refractivity contribution in [1.82, 2.24) is 9.88 Å². The second-order valence-electron chi connectivity index (χ2n) is 5.09. The van der Waals surface area contributed by atoms with Gasteiger partial charge in [0, 0.05) is 25.0 Å². The molecule has 25 heavy (non-hydrogen) atoms. The third kappa shape index (κ3) is 4.69. The SMILES string of the molecule is CNC(=O)c1ccc(=O)n(CC(=O)Nc2ccc(C(F)(F)F)cc2)c1. The van der Waals surface area contributed by atoms with Crippen LogP contribution in [0.1, 0.15) is 15.9 Å². The van der Waals surface area contributed by atoms with Gasteiger partial charge in [0.25, 0.3) is 11.5 Å². The molecule has 0 atom stereocenters. The standard InChI is InChI=1S/C16H14F3N3O3/c1-20-15(25)10-2-7-14(24)22(8-10)9-13(23)21-12-5-3-11(4-6-12)16(17,18)19/h2-8H,9H2,1H3,(H,20,25)(H,21,23). The van der Waals surface area contributed by atoms with Crippen molar-refractivity contribution < 1.29 is 22.8 Å². The summed E-state index contributed by atoms with van der Waals surface area (Å²) in [7, 11) is 1.43. The number of carbonyl (C=O) groups is 2. The second kappa shape index (κ2) is 7.20. The molecule has 2 aromatic rings. The molecule has 2 amide bonds. The number of hydrogen-bond acceptors (Lipinski definition) is 3. The van der Waals surface area contributed by atoms with E-state index in [1.165, 1.54) is 19.3 Å². The average molecular weight is 353 g/mol. The molecule has 0 aliphatic heterocycles. The van der Waals surface area contributed by atoms with Crippen molar-refractivity contribution in [1.29, 1.82) is 0 Å². The summed E-state index contributed by atoms with van der Waals surface area (Å²) in [4.78, 5) is 35.3. The Hall–Kier alpha value is -3.10. The van der Waals surface area contributed by atoms with E-state index in [0.717, 1.165) is 34.9 Å². The number of carbonyl (C=O) groups excluding carboxylic acids is 2. The van der Waals surface area contributed by atoms with Gasteiger partial charge in [-0.1, -0.05) is 0 Å². The Morgan fingerprint density at radius 3 is 2.28 bits per heavy atom. The zero-order chi connectivity index (χ0) is 18.6. The van der Waals surface area contributed by atoms with Crippen LogP contribution in [0.25, 0.3) is 0 Å². The average Bonchev–Trinajstić information content (AvgIpc) is 2.55. The van der Waals surface area contributed by atoms with Crippen LogP contribution in [-0.4, -0.2) is 23.4 Å². The lowest BCUT2D eigenvalue weighted by Crippen LogP contribution is -2.29. The molecule has 0 radical (unpaired) electrons. The highest BCUT2D eigenvalue weighted by atomic mass is 19.4. The maximum atomic E-state index is 12.5. The number of pyridine rings is 1. The highest BCUT2D eigenvalue weighted by Crippen LogP contribution is 2.29. The largest absolute Gasteiger partial charge is 0.416 e. The number of halogens is 3. The van der Waals surface area contributed by atoms with Gasteiger partial charge in [-0.3, -0.25) is 14.4 Å². The van der Waals surface area contributed by atoms with Gasteiger partial charge in [-0.15, -0.1) is 0 Å². The maximum absolute atomic E-state index is 12.5. The van der Waals surface area contributed by atoms with Crippen LogP contribution in [0.15, 0.2) is 47.4 Å². The lowest BCUT2D eigenvalue weighted by atomic mass is 10.2. The fraction of sp³-hybridized carbons (Fsp3) is 0.188. The topological polar surface area (TPSA) is 80.2 Å². The smallest absolute Gasteiger partial charge is 0.355 e. The predicted molar refractivity (Wildman–Crippen MR) is 84.2 cm³/mol. The summed E-state index contributed by atoms with van der Waals surface area (Å²) >= 11 is 0. The van der Waals surface area contributed by atoms with Crippen LogP contribution in [0.5, 0.6) is 0 Å². The van der Waals surface area contributed by atoms with Crippen LogP contribution >= 0.6 is 0 Å². The van der Waals surface area contributed by atoms with Crippen molar-refractivity contribution in [2.75, 3.05) is 12.4 Å². The Morgan fingerprint density at radius 1 is 1.08 bits per heavy atom. The normalized spacial score (nSPS) is 11.0. The van der Waals surface area contributed by atoms with Gasteiger partial charge in [0.2, 0.25) is 5.91 Å². The van der Waals surface area contributed by atoms with Crippen molar-refractivity contribution in [2.24, 2.45) is 0 Å². The Bertz CT molecular complexity index is 842. The van der Waals surface area contributed by atoms with Crippen molar-refractivity contribution in [3.63, 3.8) is 0 Å². The first-order valence-corrected chi connectivity index (χ1v) is 7.10. The van der Waals surface area contributed by atoms with Crippen LogP contribution in [-0.2, 0) is 17.5 Å². The Kier molecular flexibility index (Phi) is 5.26. The summed E-state index contributed by atoms with van der Waals surface area (Å²) in [6, 6.07) is 6.39. The molecule has 132 valence electrons. The number of nitrogens with one attached hydrogen (secondary N) is 2. The van der Waals surface area contributed by atoms with Crippen molar-refractivity contribution in [3.05, 3.63) is 64.1 Å². The molecule has 2 N–H and O–H groups in total. The van der Waals surface area contributed by atoms with Crippen molar-refractivity contribution in [2.45, 2.75) is 12.7 Å². The van der Waals surface area contributed by atoms with E-state index in [4.69, 9.17) is 0 Å². The number of benzene rings is 1. The lowest BCUT2D eigenvalue weighted by molar-refractivity contribution is -0.137. The molecule has 6 nitrogen and oxygen atoms in total. The Labute approximate surface area is 140 Å². The van der Waals surface area contributed by atoms with Crippen molar-refractivity contribution in [3.8, 4) is 0 Å². The molecular formula is C16H14F3N3O3. The van der Waals surface area contributed by atoms with E-state index in [1.54, 1.807) is 0 Å². The molecule has 0 fully saturated rings. The van der Waals surface area contributed by atoms with Gasteiger partial charge in [-0.05, 0) is 30.3 Å². The van der Waals surface area contributed by atoms with Gasteiger partial charge in [-0.25, -0.2) is 0 Å². The van der Waals surface area contributed by atoms with Crippen LogP contribution < -0.4 is 16.2 Å². The second-order valence-corrected chi connectivity index (χ2v) is 5.09. The summed E-state index contributed by atoms with van der Waals surface area (Å²) < 4.78 is 38.5. The fourth-order valence-electron chi connectivity index (χ4n) is 2.03. The van der Waals surface area contributed by atoms with E-state index in [1.807, 2.05) is 0 Å². The monoisotopic (exact) mass is 353 g/mol. The predicted octanol–water partition coefficient (Wildman–Crippen LogP) is 1.87. The number of aromatic nitrogens is 1. The third-order valence-corrected chi connectivity index (χ3v) is 3.28. The summed E-state index contributed by atoms with van der Waals surface area (Å²) in [5.74, 6) is -1.03. The molecule has 0 saturated heterocycles. The molecule has 0 bridgehead atoms. The molecule has 0 aliphatic carbocycles. The summed E-state index contributed by atoms with van der Waals surface area (Å²) in [6.07, 6.45) is -3.23. The number of alkyl halides is 3. The van der Waals surface area contributed by atoms with Crippen LogP contribution in [0.2, 0.25) is 0 Å². The fourth-order valence-corrected chi connectivity index (χ4v) is 2.03. The molecular weight excluding hydrogens is 339 g/mol. The summed E-state index contributed by atoms with van der Waals surface area (Å²) in [6.45, 7) is -0.384. The first-order chi connectivity index (χ1) is 11.7. The number of hydrogen-bond donors (Lipinski definition) is 2. The van der Waals surface area contributed by atoms with Crippen LogP contribution in [0.4, 0.5) is 18.9 Å². The van der Waals surface area contributed by atoms with E-state index >= 15 is 0 Å². The first-order valence-electron chi connectivity index (χ1n) is 7.10. The summed E-state index contributed by atoms with van der Waals surface area (Å²) in [5, 5.41) is 4.78. The van der Waals surface area contributed by atoms with Crippen LogP contribution in [0, 0.1) is 0 Å². The molecule has 1 aromatic carbocycles. The third-order valence-electron chi connectivity index (χ3n) is 3.28. The minimum atomic E-state index is -4.46. The van der Waals surface area contributed by atoms with E-state index < -0.39 is 29.1 Å². The minimum Gasteiger partial charge on any atom is -0.355 e. The highest BCUT2D eigenvalue weighted by molar-refractivity contribution is 5.94. The quantitative estimate of drug-likeness (QED) is 0.881. The summed E-state index contributed by atoms with van der Waals surface area (Å²) in [5.41, 5.74) is -0.965. The molecule has 0 saturated carbocycles. The van der Waals surface area contributed by atoms with E-state index in [9.17, 15) is 27.6 Å². The van der Waals surface area contributed by atoms with Gasteiger partial charge >= 0.3 is 6.18 Å². The van der Waals surface area contributed by atoms with Gasteiger partial charge in [0.1, 0.15) is 6.54 Å². The van der Waals surface area contributed by atoms with Gasteiger partial charge in [0.15, 0.2) is 0 Å². The zero-order valence-corrected chi connectivity index (χ0v) is 13.1. The number of rotatable bonds is 4.